The molecule has 0 bridgehead atoms. The highest BCUT2D eigenvalue weighted by Crippen LogP contribution is 2.38. The molecule has 0 spiro atoms. The second-order valence-electron chi connectivity index (χ2n) is 7.87. The van der Waals surface area contributed by atoms with Crippen LogP contribution in [0.25, 0.3) is 0 Å². The Morgan fingerprint density at radius 2 is 2.06 bits per heavy atom. The highest BCUT2D eigenvalue weighted by Gasteiger charge is 2.36. The Balaban J connectivity index is 1.71. The number of rotatable bonds is 10. The number of nitrogens with zero attached hydrogens (tertiary/aromatic N) is 2. The molecule has 35 heavy (non-hydrogen) atoms. The molecule has 1 aliphatic rings. The maximum Gasteiger partial charge on any atom is 0.331 e. The first-order valence-corrected chi connectivity index (χ1v) is 12.8. The van der Waals surface area contributed by atoms with Crippen molar-refractivity contribution in [3.63, 3.8) is 0 Å². The van der Waals surface area contributed by atoms with Crippen molar-refractivity contribution >= 4 is 37.3 Å². The highest BCUT2D eigenvalue weighted by atomic mass is 35.5. The smallest absolute Gasteiger partial charge is 0.331 e. The predicted octanol–water partition coefficient (Wildman–Crippen LogP) is 3.42. The minimum absolute atomic E-state index is 0.0795. The fourth-order valence-corrected chi connectivity index (χ4v) is 4.83. The van der Waals surface area contributed by atoms with Gasteiger partial charge in [0.1, 0.15) is 18.0 Å². The van der Waals surface area contributed by atoms with Crippen LogP contribution in [0, 0.1) is 5.92 Å². The van der Waals surface area contributed by atoms with E-state index in [2.05, 4.69) is 4.98 Å². The number of carbonyl (C=O) groups is 1. The molecule has 192 valence electrons. The van der Waals surface area contributed by atoms with Crippen molar-refractivity contribution in [1.29, 1.82) is 0 Å². The van der Waals surface area contributed by atoms with E-state index in [1.807, 2.05) is 6.92 Å². The van der Waals surface area contributed by atoms with Gasteiger partial charge in [0.05, 0.1) is 29.4 Å². The Kier molecular flexibility index (Phi) is 9.57. The largest absolute Gasteiger partial charge is 0.465 e. The summed E-state index contributed by atoms with van der Waals surface area (Å²) in [6, 6.07) is 4.55. The van der Waals surface area contributed by atoms with Crippen LogP contribution in [0.5, 0.6) is 5.75 Å². The number of halogens is 2. The molecule has 1 aromatic carbocycles. The number of aromatic amines is 1. The van der Waals surface area contributed by atoms with Crippen molar-refractivity contribution in [1.82, 2.24) is 14.4 Å². The number of aromatic nitrogens is 2. The Morgan fingerprint density at radius 1 is 1.31 bits per heavy atom. The number of benzene rings is 1. The molecule has 11 nitrogen and oxygen atoms in total. The summed E-state index contributed by atoms with van der Waals surface area (Å²) in [6.07, 6.45) is 0.746. The molecule has 3 rings (SSSR count). The molecule has 1 aliphatic heterocycles. The molecule has 14 heteroatoms. The van der Waals surface area contributed by atoms with E-state index in [-0.39, 0.29) is 29.9 Å². The van der Waals surface area contributed by atoms with E-state index < -0.39 is 43.8 Å². The Labute approximate surface area is 211 Å². The summed E-state index contributed by atoms with van der Waals surface area (Å²) < 4.78 is 30.8. The standard InChI is InChI=1S/C21H26Cl2N3O8P/c1-4-31-20(28)13(3)26(35(30)34-14-5-6-16(22)17(23)10-14)32-11-15-9-12(2)19(33-15)25-8-7-18(27)24-21(25)29/h5-8,10,12-13,15,19,35H,4,9,11H2,1-3H3,(H,24,27,29)/t12-,13?,15-,19-/m1/s1. The maximum absolute atomic E-state index is 13.1. The third kappa shape index (κ3) is 6.97. The molecule has 1 N–H and O–H groups in total. The van der Waals surface area contributed by atoms with Crippen molar-refractivity contribution in [3.05, 3.63) is 61.3 Å². The monoisotopic (exact) mass is 549 g/mol. The van der Waals surface area contributed by atoms with E-state index in [1.165, 1.54) is 42.0 Å². The third-order valence-electron chi connectivity index (χ3n) is 5.23. The molecule has 1 saturated heterocycles. The fraction of sp³-hybridized carbons (Fsp3) is 0.476. The lowest BCUT2D eigenvalue weighted by molar-refractivity contribution is -0.177. The van der Waals surface area contributed by atoms with E-state index in [9.17, 15) is 18.9 Å². The lowest BCUT2D eigenvalue weighted by Gasteiger charge is -2.27. The zero-order chi connectivity index (χ0) is 25.7. The van der Waals surface area contributed by atoms with Crippen molar-refractivity contribution < 1.29 is 28.2 Å². The molecule has 0 amide bonds. The van der Waals surface area contributed by atoms with Gasteiger partial charge in [-0.1, -0.05) is 35.0 Å². The van der Waals surface area contributed by atoms with Crippen LogP contribution in [0.1, 0.15) is 33.4 Å². The summed E-state index contributed by atoms with van der Waals surface area (Å²) in [4.78, 5) is 44.7. The second kappa shape index (κ2) is 12.2. The van der Waals surface area contributed by atoms with Crippen LogP contribution in [0.2, 0.25) is 10.0 Å². The van der Waals surface area contributed by atoms with Gasteiger partial charge < -0.3 is 14.0 Å². The van der Waals surface area contributed by atoms with E-state index in [0.717, 1.165) is 4.83 Å². The molecule has 2 heterocycles. The van der Waals surface area contributed by atoms with Gasteiger partial charge in [0.2, 0.25) is 0 Å². The summed E-state index contributed by atoms with van der Waals surface area (Å²) in [7, 11) is -3.14. The molecular weight excluding hydrogens is 524 g/mol. The molecule has 0 saturated carbocycles. The third-order valence-corrected chi connectivity index (χ3v) is 7.26. The van der Waals surface area contributed by atoms with Crippen LogP contribution in [-0.2, 0) is 23.7 Å². The minimum Gasteiger partial charge on any atom is -0.465 e. The molecule has 2 aromatic rings. The normalized spacial score (nSPS) is 21.6. The van der Waals surface area contributed by atoms with Gasteiger partial charge in [0.25, 0.3) is 5.56 Å². The average molecular weight is 550 g/mol. The van der Waals surface area contributed by atoms with Gasteiger partial charge in [-0.2, -0.15) is 0 Å². The first-order chi connectivity index (χ1) is 16.6. The minimum atomic E-state index is -3.14. The van der Waals surface area contributed by atoms with Crippen LogP contribution in [0.3, 0.4) is 0 Å². The number of esters is 1. The van der Waals surface area contributed by atoms with Crippen molar-refractivity contribution in [2.24, 2.45) is 5.92 Å². The summed E-state index contributed by atoms with van der Waals surface area (Å²) >= 11 is 11.9. The van der Waals surface area contributed by atoms with E-state index >= 15 is 0 Å². The lowest BCUT2D eigenvalue weighted by atomic mass is 10.1. The number of H-pyrrole nitrogens is 1. The Morgan fingerprint density at radius 3 is 2.71 bits per heavy atom. The maximum atomic E-state index is 13.1. The van der Waals surface area contributed by atoms with E-state index in [4.69, 9.17) is 42.0 Å². The Bertz CT molecular complexity index is 1190. The second-order valence-corrected chi connectivity index (χ2v) is 9.86. The highest BCUT2D eigenvalue weighted by molar-refractivity contribution is 7.36. The van der Waals surface area contributed by atoms with Gasteiger partial charge in [0.15, 0.2) is 0 Å². The topological polar surface area (TPSA) is 129 Å². The summed E-state index contributed by atoms with van der Waals surface area (Å²) in [6.45, 7) is 5.06. The molecular formula is C21H26Cl2N3O8P. The average Bonchev–Trinajstić information content (AvgIpc) is 3.16. The quantitative estimate of drug-likeness (QED) is 0.269. The molecule has 5 atom stereocenters. The number of nitrogens with one attached hydrogen (secondary N) is 1. The number of hydrogen-bond acceptors (Lipinski definition) is 8. The molecule has 1 aromatic heterocycles. The van der Waals surface area contributed by atoms with Gasteiger partial charge in [-0.25, -0.2) is 4.79 Å². The van der Waals surface area contributed by atoms with Gasteiger partial charge in [-0.3, -0.25) is 28.5 Å². The molecule has 1 fully saturated rings. The first-order valence-electron chi connectivity index (χ1n) is 10.8. The lowest BCUT2D eigenvalue weighted by Crippen LogP contribution is -2.38. The van der Waals surface area contributed by atoms with Gasteiger partial charge in [-0.15, -0.1) is 0 Å². The van der Waals surface area contributed by atoms with E-state index in [0.29, 0.717) is 11.4 Å². The van der Waals surface area contributed by atoms with Crippen molar-refractivity contribution in [2.75, 3.05) is 13.2 Å². The van der Waals surface area contributed by atoms with Crippen LogP contribution < -0.4 is 15.8 Å². The SMILES string of the molecule is CCOC(=O)C(C)N(OC[C@H]1C[C@@H](C)[C@H](n2ccc(=O)[nH]c2=O)O1)[PH](=O)Oc1ccc(Cl)c(Cl)c1. The van der Waals surface area contributed by atoms with Gasteiger partial charge in [-0.05, 0) is 32.4 Å². The molecule has 2 unspecified atom stereocenters. The predicted molar refractivity (Wildman–Crippen MR) is 129 cm³/mol. The number of hydrogen-bond donors (Lipinski definition) is 1. The van der Waals surface area contributed by atoms with Crippen LogP contribution in [0.4, 0.5) is 0 Å². The van der Waals surface area contributed by atoms with E-state index in [1.54, 1.807) is 6.92 Å². The fourth-order valence-electron chi connectivity index (χ4n) is 3.52. The van der Waals surface area contributed by atoms with Crippen molar-refractivity contribution in [2.45, 2.75) is 45.6 Å². The summed E-state index contributed by atoms with van der Waals surface area (Å²) in [5.74, 6) is -0.564. The van der Waals surface area contributed by atoms with Gasteiger partial charge >= 0.3 is 19.8 Å². The summed E-state index contributed by atoms with van der Waals surface area (Å²) in [5.41, 5.74) is -1.10. The van der Waals surface area contributed by atoms with Crippen molar-refractivity contribution in [3.8, 4) is 5.75 Å². The number of carbonyl (C=O) groups excluding carboxylic acids is 1. The van der Waals surface area contributed by atoms with Crippen LogP contribution >= 0.6 is 31.4 Å². The molecule has 0 aliphatic carbocycles. The van der Waals surface area contributed by atoms with Crippen LogP contribution in [-0.4, -0.2) is 45.7 Å². The zero-order valence-electron chi connectivity index (χ0n) is 19.2. The van der Waals surface area contributed by atoms with Crippen LogP contribution in [0.15, 0.2) is 40.1 Å². The zero-order valence-corrected chi connectivity index (χ0v) is 21.7. The van der Waals surface area contributed by atoms with Gasteiger partial charge in [0, 0.05) is 24.2 Å². The molecule has 0 radical (unpaired) electrons. The first kappa shape index (κ1) is 27.4. The summed E-state index contributed by atoms with van der Waals surface area (Å²) in [5, 5.41) is 0.511. The number of ether oxygens (including phenoxy) is 2. The Hall–Kier alpha value is -2.14. The number of hydroxylamine groups is 1.